The molecular formula is C11H17ClO. The van der Waals surface area contributed by atoms with Crippen LogP contribution in [0.15, 0.2) is 0 Å². The van der Waals surface area contributed by atoms with Gasteiger partial charge in [0, 0.05) is 10.8 Å². The molecule has 1 N–H and O–H groups in total. The summed E-state index contributed by atoms with van der Waals surface area (Å²) in [6.07, 6.45) is 6.50. The minimum absolute atomic E-state index is 0.121. The van der Waals surface area contributed by atoms with E-state index >= 15 is 0 Å². The third-order valence-corrected chi connectivity index (χ3v) is 5.46. The summed E-state index contributed by atoms with van der Waals surface area (Å²) in [4.78, 5) is 0. The number of alkyl halides is 1. The molecule has 0 aliphatic heterocycles. The number of rotatable bonds is 1. The maximum atomic E-state index is 9.52. The Morgan fingerprint density at radius 2 is 1.77 bits per heavy atom. The fourth-order valence-electron chi connectivity index (χ4n) is 4.36. The fourth-order valence-corrected chi connectivity index (χ4v) is 4.82. The Morgan fingerprint density at radius 3 is 2.31 bits per heavy atom. The van der Waals surface area contributed by atoms with E-state index in [1.165, 1.54) is 32.1 Å². The Kier molecular flexibility index (Phi) is 1.73. The Balaban J connectivity index is 1.95. The van der Waals surface area contributed by atoms with Gasteiger partial charge in [-0.2, -0.15) is 0 Å². The van der Waals surface area contributed by atoms with Crippen LogP contribution in [-0.2, 0) is 0 Å². The monoisotopic (exact) mass is 200 g/mol. The highest BCUT2D eigenvalue weighted by molar-refractivity contribution is 6.21. The van der Waals surface area contributed by atoms with Crippen molar-refractivity contribution < 1.29 is 5.11 Å². The third kappa shape index (κ3) is 1.04. The highest BCUT2D eigenvalue weighted by atomic mass is 35.5. The molecule has 0 spiro atoms. The highest BCUT2D eigenvalue weighted by Crippen LogP contribution is 2.61. The lowest BCUT2D eigenvalue weighted by molar-refractivity contribution is -0.0751. The minimum Gasteiger partial charge on any atom is -0.396 e. The summed E-state index contributed by atoms with van der Waals surface area (Å²) in [5.74, 6) is 2.50. The van der Waals surface area contributed by atoms with Crippen LogP contribution in [0.3, 0.4) is 0 Å². The van der Waals surface area contributed by atoms with E-state index in [1.807, 2.05) is 0 Å². The van der Waals surface area contributed by atoms with Gasteiger partial charge in [-0.1, -0.05) is 0 Å². The molecule has 4 bridgehead atoms. The van der Waals surface area contributed by atoms with Crippen LogP contribution in [0, 0.1) is 23.2 Å². The molecule has 4 fully saturated rings. The zero-order chi connectivity index (χ0) is 9.05. The second kappa shape index (κ2) is 2.64. The molecule has 0 aromatic heterocycles. The van der Waals surface area contributed by atoms with E-state index in [2.05, 4.69) is 0 Å². The standard InChI is InChI=1S/C11H17ClO/c12-10-9-2-7-1-8(3-9)5-11(10,4-7)6-13/h7-10,13H,1-6H2. The molecule has 0 amide bonds. The van der Waals surface area contributed by atoms with Crippen molar-refractivity contribution >= 4 is 11.6 Å². The van der Waals surface area contributed by atoms with Crippen LogP contribution in [0.2, 0.25) is 0 Å². The van der Waals surface area contributed by atoms with Crippen molar-refractivity contribution in [2.45, 2.75) is 37.5 Å². The summed E-state index contributed by atoms with van der Waals surface area (Å²) in [5, 5.41) is 9.79. The zero-order valence-electron chi connectivity index (χ0n) is 7.88. The normalized spacial score (nSPS) is 58.6. The summed E-state index contributed by atoms with van der Waals surface area (Å²) in [6, 6.07) is 0. The topological polar surface area (TPSA) is 20.2 Å². The zero-order valence-corrected chi connectivity index (χ0v) is 8.63. The van der Waals surface area contributed by atoms with Gasteiger partial charge in [0.2, 0.25) is 0 Å². The number of halogens is 1. The van der Waals surface area contributed by atoms with Gasteiger partial charge in [0.1, 0.15) is 0 Å². The molecular weight excluding hydrogens is 184 g/mol. The van der Waals surface area contributed by atoms with Crippen LogP contribution >= 0.6 is 11.6 Å². The van der Waals surface area contributed by atoms with Gasteiger partial charge in [0.05, 0.1) is 6.61 Å². The van der Waals surface area contributed by atoms with Crippen LogP contribution in [0.5, 0.6) is 0 Å². The van der Waals surface area contributed by atoms with Crippen LogP contribution < -0.4 is 0 Å². The van der Waals surface area contributed by atoms with Gasteiger partial charge in [-0.3, -0.25) is 0 Å². The molecule has 0 heterocycles. The van der Waals surface area contributed by atoms with E-state index in [0.29, 0.717) is 6.61 Å². The first kappa shape index (κ1) is 8.55. The molecule has 0 aromatic carbocycles. The van der Waals surface area contributed by atoms with Crippen LogP contribution in [-0.4, -0.2) is 17.1 Å². The molecule has 74 valence electrons. The van der Waals surface area contributed by atoms with Crippen molar-refractivity contribution in [1.29, 1.82) is 0 Å². The molecule has 0 saturated heterocycles. The summed E-state index contributed by atoms with van der Waals surface area (Å²) < 4.78 is 0. The summed E-state index contributed by atoms with van der Waals surface area (Å²) in [6.45, 7) is 0.324. The Hall–Kier alpha value is 0.250. The number of aliphatic hydroxyl groups excluding tert-OH is 1. The second-order valence-electron chi connectivity index (χ2n) is 5.53. The van der Waals surface area contributed by atoms with Crippen molar-refractivity contribution in [3.63, 3.8) is 0 Å². The fraction of sp³-hybridized carbons (Fsp3) is 1.00. The molecule has 4 aliphatic rings. The molecule has 0 radical (unpaired) electrons. The van der Waals surface area contributed by atoms with E-state index in [-0.39, 0.29) is 10.8 Å². The molecule has 4 rings (SSSR count). The number of aliphatic hydroxyl groups is 1. The summed E-state index contributed by atoms with van der Waals surface area (Å²) in [5.41, 5.74) is 0.121. The largest absolute Gasteiger partial charge is 0.396 e. The molecule has 3 unspecified atom stereocenters. The van der Waals surface area contributed by atoms with E-state index in [1.54, 1.807) is 0 Å². The molecule has 13 heavy (non-hydrogen) atoms. The van der Waals surface area contributed by atoms with Crippen LogP contribution in [0.4, 0.5) is 0 Å². The summed E-state index contributed by atoms with van der Waals surface area (Å²) >= 11 is 6.47. The lowest BCUT2D eigenvalue weighted by Crippen LogP contribution is -2.55. The van der Waals surface area contributed by atoms with Gasteiger partial charge >= 0.3 is 0 Å². The van der Waals surface area contributed by atoms with E-state index < -0.39 is 0 Å². The first-order valence-electron chi connectivity index (χ1n) is 5.48. The molecule has 2 heteroatoms. The minimum atomic E-state index is 0.121. The lowest BCUT2D eigenvalue weighted by Gasteiger charge is -2.58. The Morgan fingerprint density at radius 1 is 1.15 bits per heavy atom. The van der Waals surface area contributed by atoms with Gasteiger partial charge in [-0.15, -0.1) is 11.6 Å². The molecule has 4 aliphatic carbocycles. The predicted molar refractivity (Wildman–Crippen MR) is 52.7 cm³/mol. The highest BCUT2D eigenvalue weighted by Gasteiger charge is 2.56. The Bertz CT molecular complexity index is 214. The van der Waals surface area contributed by atoms with E-state index in [9.17, 15) is 5.11 Å². The second-order valence-corrected chi connectivity index (χ2v) is 6.00. The van der Waals surface area contributed by atoms with Crippen molar-refractivity contribution in [3.8, 4) is 0 Å². The van der Waals surface area contributed by atoms with Crippen LogP contribution in [0.1, 0.15) is 32.1 Å². The van der Waals surface area contributed by atoms with Gasteiger partial charge in [0.15, 0.2) is 0 Å². The molecule has 0 aromatic rings. The molecule has 4 saturated carbocycles. The Labute approximate surface area is 84.5 Å². The lowest BCUT2D eigenvalue weighted by atomic mass is 9.49. The molecule has 3 atom stereocenters. The smallest absolute Gasteiger partial charge is 0.0501 e. The van der Waals surface area contributed by atoms with Gasteiger partial charge < -0.3 is 5.11 Å². The van der Waals surface area contributed by atoms with Crippen molar-refractivity contribution in [3.05, 3.63) is 0 Å². The SMILES string of the molecule is OCC12CC3CC(CC(C3)C1Cl)C2. The van der Waals surface area contributed by atoms with E-state index in [4.69, 9.17) is 11.6 Å². The first-order valence-corrected chi connectivity index (χ1v) is 5.92. The molecule has 1 nitrogen and oxygen atoms in total. The maximum absolute atomic E-state index is 9.52. The first-order chi connectivity index (χ1) is 6.23. The van der Waals surface area contributed by atoms with Crippen LogP contribution in [0.25, 0.3) is 0 Å². The van der Waals surface area contributed by atoms with Gasteiger partial charge in [-0.25, -0.2) is 0 Å². The van der Waals surface area contributed by atoms with E-state index in [0.717, 1.165) is 17.8 Å². The average Bonchev–Trinajstić information content (AvgIpc) is 2.12. The van der Waals surface area contributed by atoms with Crippen molar-refractivity contribution in [1.82, 2.24) is 0 Å². The van der Waals surface area contributed by atoms with Crippen molar-refractivity contribution in [2.75, 3.05) is 6.61 Å². The van der Waals surface area contributed by atoms with Crippen molar-refractivity contribution in [2.24, 2.45) is 23.2 Å². The summed E-state index contributed by atoms with van der Waals surface area (Å²) in [7, 11) is 0. The number of hydrogen-bond donors (Lipinski definition) is 1. The third-order valence-electron chi connectivity index (χ3n) is 4.64. The van der Waals surface area contributed by atoms with Gasteiger partial charge in [0.25, 0.3) is 0 Å². The predicted octanol–water partition coefficient (Wildman–Crippen LogP) is 2.41. The van der Waals surface area contributed by atoms with Gasteiger partial charge in [-0.05, 0) is 49.9 Å². The maximum Gasteiger partial charge on any atom is 0.0501 e. The average molecular weight is 201 g/mol. The quantitative estimate of drug-likeness (QED) is 0.645. The number of hydrogen-bond acceptors (Lipinski definition) is 1.